The average molecular weight is 284 g/mol. The van der Waals surface area contributed by atoms with Crippen LogP contribution in [0.1, 0.15) is 28.5 Å². The molecule has 0 spiro atoms. The highest BCUT2D eigenvalue weighted by atomic mass is 16.5. The van der Waals surface area contributed by atoms with Crippen LogP contribution in [0.3, 0.4) is 0 Å². The second kappa shape index (κ2) is 6.62. The van der Waals surface area contributed by atoms with E-state index >= 15 is 0 Å². The summed E-state index contributed by atoms with van der Waals surface area (Å²) in [7, 11) is 1.53. The molecule has 0 aliphatic carbocycles. The van der Waals surface area contributed by atoms with Gasteiger partial charge in [-0.25, -0.2) is 4.79 Å². The lowest BCUT2D eigenvalue weighted by Crippen LogP contribution is -2.12. The lowest BCUT2D eigenvalue weighted by molar-refractivity contribution is 0.0514. The van der Waals surface area contributed by atoms with Gasteiger partial charge in [0, 0.05) is 12.7 Å². The second-order valence-corrected chi connectivity index (χ2v) is 4.39. The number of hydrogen-bond donors (Lipinski definition) is 0. The van der Waals surface area contributed by atoms with Gasteiger partial charge in [0.2, 0.25) is 0 Å². The highest BCUT2D eigenvalue weighted by Crippen LogP contribution is 2.20. The minimum Gasteiger partial charge on any atom is -0.495 e. The predicted octanol–water partition coefficient (Wildman–Crippen LogP) is 2.59. The first kappa shape index (κ1) is 14.7. The number of ether oxygens (including phenoxy) is 2. The molecule has 2 aromatic rings. The van der Waals surface area contributed by atoms with Gasteiger partial charge in [-0.3, -0.25) is 0 Å². The number of aromatic nitrogens is 1. The number of esters is 1. The van der Waals surface area contributed by atoms with Crippen molar-refractivity contribution in [1.82, 2.24) is 4.57 Å². The molecular formula is C16H16N2O3. The van der Waals surface area contributed by atoms with E-state index in [9.17, 15) is 4.79 Å². The molecule has 0 aliphatic heterocycles. The zero-order chi connectivity index (χ0) is 15.2. The van der Waals surface area contributed by atoms with Crippen LogP contribution in [0.25, 0.3) is 0 Å². The Bertz CT molecular complexity index is 683. The highest BCUT2D eigenvalue weighted by Gasteiger charge is 2.12. The van der Waals surface area contributed by atoms with Crippen molar-refractivity contribution in [1.29, 1.82) is 5.26 Å². The number of carbonyl (C=O) groups is 1. The van der Waals surface area contributed by atoms with E-state index in [0.29, 0.717) is 30.2 Å². The van der Waals surface area contributed by atoms with Crippen LogP contribution in [-0.4, -0.2) is 24.3 Å². The Kier molecular flexibility index (Phi) is 4.62. The van der Waals surface area contributed by atoms with Crippen molar-refractivity contribution in [3.63, 3.8) is 0 Å². The molecular weight excluding hydrogens is 268 g/mol. The molecule has 0 amide bonds. The van der Waals surface area contributed by atoms with Crippen molar-refractivity contribution in [3.8, 4) is 11.8 Å². The molecule has 0 atom stereocenters. The predicted molar refractivity (Wildman–Crippen MR) is 77.2 cm³/mol. The Morgan fingerprint density at radius 3 is 2.86 bits per heavy atom. The van der Waals surface area contributed by atoms with Crippen molar-refractivity contribution in [2.75, 3.05) is 13.7 Å². The van der Waals surface area contributed by atoms with E-state index in [2.05, 4.69) is 6.07 Å². The van der Waals surface area contributed by atoms with E-state index in [1.165, 1.54) is 7.11 Å². The standard InChI is InChI=1S/C16H16N2O3/c1-3-21-16(19)14-5-4-8-18(14)11-12-6-7-13(10-17)15(9-12)20-2/h4-9H,3,11H2,1-2H3. The van der Waals surface area contributed by atoms with E-state index < -0.39 is 0 Å². The van der Waals surface area contributed by atoms with Gasteiger partial charge in [0.15, 0.2) is 0 Å². The first-order valence-electron chi connectivity index (χ1n) is 6.58. The fourth-order valence-corrected chi connectivity index (χ4v) is 2.07. The van der Waals surface area contributed by atoms with Gasteiger partial charge in [-0.1, -0.05) is 6.07 Å². The Morgan fingerprint density at radius 1 is 1.38 bits per heavy atom. The Morgan fingerprint density at radius 2 is 2.19 bits per heavy atom. The monoisotopic (exact) mass is 284 g/mol. The van der Waals surface area contributed by atoms with Gasteiger partial charge in [0.05, 0.1) is 19.3 Å². The molecule has 0 saturated heterocycles. The minimum absolute atomic E-state index is 0.342. The lowest BCUT2D eigenvalue weighted by Gasteiger charge is -2.10. The summed E-state index contributed by atoms with van der Waals surface area (Å²) >= 11 is 0. The maximum Gasteiger partial charge on any atom is 0.354 e. The van der Waals surface area contributed by atoms with Crippen LogP contribution in [0.15, 0.2) is 36.5 Å². The Labute approximate surface area is 123 Å². The van der Waals surface area contributed by atoms with Crippen molar-refractivity contribution in [2.24, 2.45) is 0 Å². The molecule has 2 rings (SSSR count). The third-order valence-corrected chi connectivity index (χ3v) is 3.05. The van der Waals surface area contributed by atoms with E-state index in [0.717, 1.165) is 5.56 Å². The van der Waals surface area contributed by atoms with Crippen molar-refractivity contribution in [3.05, 3.63) is 53.3 Å². The summed E-state index contributed by atoms with van der Waals surface area (Å²) in [6.07, 6.45) is 1.82. The number of methoxy groups -OCH3 is 1. The number of hydrogen-bond acceptors (Lipinski definition) is 4. The first-order chi connectivity index (χ1) is 10.2. The van der Waals surface area contributed by atoms with Crippen LogP contribution in [0, 0.1) is 11.3 Å². The van der Waals surface area contributed by atoms with Crippen molar-refractivity contribution < 1.29 is 14.3 Å². The van der Waals surface area contributed by atoms with Gasteiger partial charge < -0.3 is 14.0 Å². The zero-order valence-electron chi connectivity index (χ0n) is 12.0. The quantitative estimate of drug-likeness (QED) is 0.792. The minimum atomic E-state index is -0.344. The Hall–Kier alpha value is -2.74. The van der Waals surface area contributed by atoms with Gasteiger partial charge in [-0.2, -0.15) is 5.26 Å². The van der Waals surface area contributed by atoms with Crippen LogP contribution < -0.4 is 4.74 Å². The maximum absolute atomic E-state index is 11.8. The lowest BCUT2D eigenvalue weighted by atomic mass is 10.1. The van der Waals surface area contributed by atoms with Gasteiger partial charge >= 0.3 is 5.97 Å². The maximum atomic E-state index is 11.8. The molecule has 1 aromatic carbocycles. The molecule has 5 nitrogen and oxygen atoms in total. The van der Waals surface area contributed by atoms with Crippen LogP contribution in [-0.2, 0) is 11.3 Å². The van der Waals surface area contributed by atoms with E-state index in [4.69, 9.17) is 14.7 Å². The van der Waals surface area contributed by atoms with Crippen LogP contribution in [0.5, 0.6) is 5.75 Å². The van der Waals surface area contributed by atoms with Gasteiger partial charge in [0.25, 0.3) is 0 Å². The largest absolute Gasteiger partial charge is 0.495 e. The molecule has 1 heterocycles. The fourth-order valence-electron chi connectivity index (χ4n) is 2.07. The third-order valence-electron chi connectivity index (χ3n) is 3.05. The molecule has 0 radical (unpaired) electrons. The summed E-state index contributed by atoms with van der Waals surface area (Å²) in [6, 6.07) is 10.9. The van der Waals surface area contributed by atoms with Gasteiger partial charge in [0.1, 0.15) is 17.5 Å². The third kappa shape index (κ3) is 3.23. The van der Waals surface area contributed by atoms with Crippen LogP contribution in [0.2, 0.25) is 0 Å². The Balaban J connectivity index is 2.25. The van der Waals surface area contributed by atoms with Crippen LogP contribution in [0.4, 0.5) is 0 Å². The van der Waals surface area contributed by atoms with E-state index in [1.807, 2.05) is 12.3 Å². The van der Waals surface area contributed by atoms with Gasteiger partial charge in [-0.15, -0.1) is 0 Å². The molecule has 0 fully saturated rings. The molecule has 1 aromatic heterocycles. The normalized spacial score (nSPS) is 9.95. The summed E-state index contributed by atoms with van der Waals surface area (Å²) in [5.74, 6) is 0.183. The van der Waals surface area contributed by atoms with Gasteiger partial charge in [-0.05, 0) is 36.8 Å². The first-order valence-corrected chi connectivity index (χ1v) is 6.58. The molecule has 108 valence electrons. The number of benzene rings is 1. The van der Waals surface area contributed by atoms with E-state index in [-0.39, 0.29) is 5.97 Å². The summed E-state index contributed by atoms with van der Waals surface area (Å²) in [5, 5.41) is 8.98. The number of rotatable bonds is 5. The van der Waals surface area contributed by atoms with E-state index in [1.54, 1.807) is 35.8 Å². The van der Waals surface area contributed by atoms with Crippen LogP contribution >= 0.6 is 0 Å². The molecule has 0 aliphatic rings. The number of carbonyl (C=O) groups excluding carboxylic acids is 1. The number of nitriles is 1. The number of nitrogens with zero attached hydrogens (tertiary/aromatic N) is 2. The highest BCUT2D eigenvalue weighted by molar-refractivity contribution is 5.87. The topological polar surface area (TPSA) is 64.2 Å². The molecule has 0 unspecified atom stereocenters. The SMILES string of the molecule is CCOC(=O)c1cccn1Cc1ccc(C#N)c(OC)c1. The molecule has 0 saturated carbocycles. The molecule has 5 heteroatoms. The summed E-state index contributed by atoms with van der Waals surface area (Å²) in [6.45, 7) is 2.62. The smallest absolute Gasteiger partial charge is 0.354 e. The molecule has 21 heavy (non-hydrogen) atoms. The average Bonchev–Trinajstić information content (AvgIpc) is 2.95. The zero-order valence-corrected chi connectivity index (χ0v) is 12.0. The molecule has 0 N–H and O–H groups in total. The summed E-state index contributed by atoms with van der Waals surface area (Å²) < 4.78 is 12.0. The summed E-state index contributed by atoms with van der Waals surface area (Å²) in [4.78, 5) is 11.8. The van der Waals surface area contributed by atoms with Crippen molar-refractivity contribution in [2.45, 2.75) is 13.5 Å². The summed E-state index contributed by atoms with van der Waals surface area (Å²) in [5.41, 5.74) is 1.92. The fraction of sp³-hybridized carbons (Fsp3) is 0.250. The second-order valence-electron chi connectivity index (χ2n) is 4.39. The van der Waals surface area contributed by atoms with Crippen molar-refractivity contribution >= 4 is 5.97 Å². The molecule has 0 bridgehead atoms.